The van der Waals surface area contributed by atoms with Crippen molar-refractivity contribution in [1.29, 1.82) is 0 Å². The van der Waals surface area contributed by atoms with E-state index in [4.69, 9.17) is 5.73 Å². The molecule has 2 saturated carbocycles. The molecule has 1 aromatic heterocycles. The summed E-state index contributed by atoms with van der Waals surface area (Å²) in [4.78, 5) is 0. The molecule has 3 aliphatic carbocycles. The van der Waals surface area contributed by atoms with Gasteiger partial charge in [-0.3, -0.25) is 0 Å². The van der Waals surface area contributed by atoms with Crippen LogP contribution in [-0.4, -0.2) is 28.0 Å². The predicted molar refractivity (Wildman–Crippen MR) is 125 cm³/mol. The molecule has 6 atom stereocenters. The highest BCUT2D eigenvalue weighted by Crippen LogP contribution is 2.62. The van der Waals surface area contributed by atoms with Crippen LogP contribution in [0.1, 0.15) is 50.8 Å². The predicted octanol–water partition coefficient (Wildman–Crippen LogP) is 4.82. The molecule has 0 spiro atoms. The van der Waals surface area contributed by atoms with Gasteiger partial charge in [-0.2, -0.15) is 5.10 Å². The number of fused-ring (bicyclic) bond motifs is 2. The van der Waals surface area contributed by atoms with Crippen LogP contribution >= 0.6 is 0 Å². The Bertz CT molecular complexity index is 1080. The topological polar surface area (TPSA) is 64.1 Å². The summed E-state index contributed by atoms with van der Waals surface area (Å²) in [6, 6.07) is 3.87. The van der Waals surface area contributed by atoms with Gasteiger partial charge in [0, 0.05) is 18.4 Å². The summed E-state index contributed by atoms with van der Waals surface area (Å²) in [5, 5.41) is 15.1. The van der Waals surface area contributed by atoms with Crippen LogP contribution in [-0.2, 0) is 12.8 Å². The van der Waals surface area contributed by atoms with E-state index >= 15 is 0 Å². The number of nitrogens with zero attached hydrogens (tertiary/aromatic N) is 2. The molecule has 1 aromatic carbocycles. The normalized spacial score (nSPS) is 36.0. The molecule has 3 N–H and O–H groups in total. The van der Waals surface area contributed by atoms with Crippen molar-refractivity contribution in [3.8, 4) is 5.69 Å². The van der Waals surface area contributed by atoms with Gasteiger partial charge in [-0.1, -0.05) is 26.0 Å². The number of nitrogens with two attached hydrogens (primary N) is 1. The minimum absolute atomic E-state index is 0.0544. The standard InChI is InChI=1S/C27H35F2N3O/c1-16-4-6-21-20(13-30)22(8-9-26(16,21)2)27(3)12-17-14-31-32(25(17)10-18(27)15-33)19-5-7-23(28)24(29)11-19/h5,7,11,14,18,20-22,33H,1,4,6,8-10,12-13,15,30H2,2-3H3/t18-,20-,21+,22+,26-,27-/m1/s1. The molecule has 2 aromatic rings. The second-order valence-electron chi connectivity index (χ2n) is 11.1. The molecule has 1 heterocycles. The maximum Gasteiger partial charge on any atom is 0.160 e. The van der Waals surface area contributed by atoms with Crippen molar-refractivity contribution in [2.45, 2.75) is 52.4 Å². The quantitative estimate of drug-likeness (QED) is 0.650. The van der Waals surface area contributed by atoms with Crippen LogP contribution in [0.25, 0.3) is 5.69 Å². The Labute approximate surface area is 194 Å². The fourth-order valence-corrected chi connectivity index (χ4v) is 7.68. The van der Waals surface area contributed by atoms with E-state index in [1.165, 1.54) is 11.6 Å². The van der Waals surface area contributed by atoms with Gasteiger partial charge in [-0.15, -0.1) is 0 Å². The van der Waals surface area contributed by atoms with E-state index in [0.29, 0.717) is 36.4 Å². The van der Waals surface area contributed by atoms with Crippen molar-refractivity contribution in [2.75, 3.05) is 13.2 Å². The molecule has 4 nitrogen and oxygen atoms in total. The zero-order valence-electron chi connectivity index (χ0n) is 19.7. The first-order chi connectivity index (χ1) is 15.7. The number of aromatic nitrogens is 2. The SMILES string of the molecule is C=C1CC[C@H]2[C@@H](CN)[C@@H]([C@]3(C)Cc4cnn(-c5ccc(F)c(F)c5)c4C[C@@H]3CO)CC[C@]12C. The third-order valence-corrected chi connectivity index (χ3v) is 9.78. The third-order valence-electron chi connectivity index (χ3n) is 9.78. The number of hydrogen-bond donors (Lipinski definition) is 2. The third kappa shape index (κ3) is 3.32. The molecule has 5 rings (SSSR count). The Morgan fingerprint density at radius 1 is 1.21 bits per heavy atom. The highest BCUT2D eigenvalue weighted by Gasteiger charge is 2.56. The van der Waals surface area contributed by atoms with Crippen LogP contribution in [0.2, 0.25) is 0 Å². The van der Waals surface area contributed by atoms with E-state index in [1.807, 2.05) is 6.20 Å². The Hall–Kier alpha value is -2.05. The summed E-state index contributed by atoms with van der Waals surface area (Å²) in [5.41, 5.74) is 10.5. The zero-order valence-corrected chi connectivity index (χ0v) is 19.7. The Morgan fingerprint density at radius 3 is 2.70 bits per heavy atom. The van der Waals surface area contributed by atoms with Gasteiger partial charge >= 0.3 is 0 Å². The molecule has 6 heteroatoms. The minimum Gasteiger partial charge on any atom is -0.396 e. The number of halogens is 2. The lowest BCUT2D eigenvalue weighted by Gasteiger charge is -2.55. The second kappa shape index (κ2) is 8.02. The van der Waals surface area contributed by atoms with Crippen molar-refractivity contribution in [2.24, 2.45) is 40.2 Å². The van der Waals surface area contributed by atoms with Gasteiger partial charge in [0.25, 0.3) is 0 Å². The van der Waals surface area contributed by atoms with Crippen LogP contribution in [0.4, 0.5) is 8.78 Å². The van der Waals surface area contributed by atoms with Gasteiger partial charge in [-0.05, 0) is 97.3 Å². The van der Waals surface area contributed by atoms with Gasteiger partial charge in [0.1, 0.15) is 0 Å². The summed E-state index contributed by atoms with van der Waals surface area (Å²) in [5.74, 6) is -0.319. The molecule has 33 heavy (non-hydrogen) atoms. The molecule has 178 valence electrons. The van der Waals surface area contributed by atoms with Crippen molar-refractivity contribution in [3.63, 3.8) is 0 Å². The molecule has 0 aliphatic heterocycles. The van der Waals surface area contributed by atoms with Crippen molar-refractivity contribution < 1.29 is 13.9 Å². The summed E-state index contributed by atoms with van der Waals surface area (Å²) in [6.45, 7) is 9.84. The number of hydrogen-bond acceptors (Lipinski definition) is 3. The first-order valence-corrected chi connectivity index (χ1v) is 12.2. The van der Waals surface area contributed by atoms with Gasteiger partial charge in [0.15, 0.2) is 11.6 Å². The highest BCUT2D eigenvalue weighted by molar-refractivity contribution is 5.38. The van der Waals surface area contributed by atoms with E-state index < -0.39 is 11.6 Å². The first kappa shape index (κ1) is 22.7. The Morgan fingerprint density at radius 2 is 2.00 bits per heavy atom. The lowest BCUT2D eigenvalue weighted by atomic mass is 9.49. The molecule has 3 aliphatic rings. The second-order valence-corrected chi connectivity index (χ2v) is 11.1. The summed E-state index contributed by atoms with van der Waals surface area (Å²) < 4.78 is 29.1. The summed E-state index contributed by atoms with van der Waals surface area (Å²) in [6.07, 6.45) is 7.80. The smallest absolute Gasteiger partial charge is 0.160 e. The monoisotopic (exact) mass is 455 g/mol. The van der Waals surface area contributed by atoms with E-state index in [1.54, 1.807) is 10.7 Å². The average Bonchev–Trinajstić information content (AvgIpc) is 3.34. The summed E-state index contributed by atoms with van der Waals surface area (Å²) in [7, 11) is 0. The van der Waals surface area contributed by atoms with E-state index in [2.05, 4.69) is 25.5 Å². The van der Waals surface area contributed by atoms with Crippen molar-refractivity contribution in [3.05, 3.63) is 59.4 Å². The lowest BCUT2D eigenvalue weighted by molar-refractivity contribution is -0.0537. The number of aliphatic hydroxyl groups excluding tert-OH is 1. The number of aliphatic hydroxyl groups is 1. The van der Waals surface area contributed by atoms with Crippen LogP contribution < -0.4 is 5.73 Å². The molecule has 0 unspecified atom stereocenters. The van der Waals surface area contributed by atoms with E-state index in [0.717, 1.165) is 49.4 Å². The number of allylic oxidation sites excluding steroid dienone is 1. The summed E-state index contributed by atoms with van der Waals surface area (Å²) >= 11 is 0. The maximum atomic E-state index is 13.9. The van der Waals surface area contributed by atoms with E-state index in [9.17, 15) is 13.9 Å². The molecule has 0 radical (unpaired) electrons. The average molecular weight is 456 g/mol. The molecule has 0 amide bonds. The Balaban J connectivity index is 1.50. The molecule has 0 saturated heterocycles. The van der Waals surface area contributed by atoms with Gasteiger partial charge in [-0.25, -0.2) is 13.5 Å². The number of rotatable bonds is 4. The molecule has 0 bridgehead atoms. The maximum absolute atomic E-state index is 13.9. The van der Waals surface area contributed by atoms with Crippen LogP contribution in [0, 0.1) is 46.1 Å². The zero-order chi connectivity index (χ0) is 23.5. The van der Waals surface area contributed by atoms with Crippen LogP contribution in [0.3, 0.4) is 0 Å². The van der Waals surface area contributed by atoms with Crippen molar-refractivity contribution in [1.82, 2.24) is 9.78 Å². The molecule has 2 fully saturated rings. The van der Waals surface area contributed by atoms with Crippen molar-refractivity contribution >= 4 is 0 Å². The van der Waals surface area contributed by atoms with Gasteiger partial charge in [0.05, 0.1) is 11.9 Å². The van der Waals surface area contributed by atoms with Gasteiger partial charge < -0.3 is 10.8 Å². The first-order valence-electron chi connectivity index (χ1n) is 12.2. The van der Waals surface area contributed by atoms with E-state index in [-0.39, 0.29) is 23.4 Å². The highest BCUT2D eigenvalue weighted by atomic mass is 19.2. The number of benzene rings is 1. The minimum atomic E-state index is -0.884. The van der Waals surface area contributed by atoms with Crippen LogP contribution in [0.15, 0.2) is 36.5 Å². The van der Waals surface area contributed by atoms with Crippen LogP contribution in [0.5, 0.6) is 0 Å². The fraction of sp³-hybridized carbons (Fsp3) is 0.593. The fourth-order valence-electron chi connectivity index (χ4n) is 7.68. The molecular formula is C27H35F2N3O. The Kier molecular flexibility index (Phi) is 5.52. The lowest BCUT2D eigenvalue weighted by Crippen LogP contribution is -2.53. The largest absolute Gasteiger partial charge is 0.396 e. The van der Waals surface area contributed by atoms with Gasteiger partial charge in [0.2, 0.25) is 0 Å². The molecular weight excluding hydrogens is 420 g/mol.